The summed E-state index contributed by atoms with van der Waals surface area (Å²) in [6.07, 6.45) is 11.1. The Morgan fingerprint density at radius 2 is 1.79 bits per heavy atom. The van der Waals surface area contributed by atoms with Crippen molar-refractivity contribution in [1.29, 1.82) is 0 Å². The highest BCUT2D eigenvalue weighted by atomic mass is 16.5. The largest absolute Gasteiger partial charge is 0.363 e. The molecule has 0 radical (unpaired) electrons. The normalized spacial score (nSPS) is 33.9. The second kappa shape index (κ2) is 11.1. The number of benzene rings is 2. The lowest BCUT2D eigenvalue weighted by atomic mass is 9.65. The number of piperazine rings is 1. The van der Waals surface area contributed by atoms with E-state index in [0.29, 0.717) is 13.1 Å². The summed E-state index contributed by atoms with van der Waals surface area (Å²) in [6.45, 7) is 6.35. The van der Waals surface area contributed by atoms with Crippen molar-refractivity contribution in [2.75, 3.05) is 26.7 Å². The molecule has 5 unspecified atom stereocenters. The highest BCUT2D eigenvalue weighted by molar-refractivity contribution is 5.83. The average molecular weight is 580 g/mol. The van der Waals surface area contributed by atoms with Crippen molar-refractivity contribution < 1.29 is 14.3 Å². The van der Waals surface area contributed by atoms with Gasteiger partial charge in [-0.1, -0.05) is 105 Å². The number of ether oxygens (including phenoxy) is 1. The summed E-state index contributed by atoms with van der Waals surface area (Å²) < 4.78 is 6.66. The molecule has 0 aromatic heterocycles. The molecule has 3 fully saturated rings. The van der Waals surface area contributed by atoms with Crippen LogP contribution in [-0.2, 0) is 16.1 Å². The third-order valence-electron chi connectivity index (χ3n) is 10.2. The second-order valence-corrected chi connectivity index (χ2v) is 12.6. The van der Waals surface area contributed by atoms with E-state index in [2.05, 4.69) is 89.7 Å². The van der Waals surface area contributed by atoms with Crippen molar-refractivity contribution in [3.63, 3.8) is 0 Å². The van der Waals surface area contributed by atoms with Crippen LogP contribution in [0.3, 0.4) is 0 Å². The van der Waals surface area contributed by atoms with Crippen LogP contribution in [0.2, 0.25) is 0 Å². The van der Waals surface area contributed by atoms with E-state index in [0.717, 1.165) is 18.5 Å². The van der Waals surface area contributed by atoms with Crippen molar-refractivity contribution >= 4 is 11.9 Å². The fourth-order valence-corrected chi connectivity index (χ4v) is 8.10. The van der Waals surface area contributed by atoms with Gasteiger partial charge >= 0.3 is 6.03 Å². The van der Waals surface area contributed by atoms with E-state index in [1.54, 1.807) is 10.0 Å². The summed E-state index contributed by atoms with van der Waals surface area (Å²) in [5.74, 6) is 0.388. The molecule has 8 heteroatoms. The maximum atomic E-state index is 14.1. The van der Waals surface area contributed by atoms with Gasteiger partial charge in [-0.05, 0) is 28.7 Å². The number of urea groups is 1. The topological polar surface area (TPSA) is 68.4 Å². The molecule has 7 atom stereocenters. The molecule has 1 spiro atoms. The Labute approximate surface area is 254 Å². The molecule has 3 saturated heterocycles. The summed E-state index contributed by atoms with van der Waals surface area (Å²) >= 11 is 0. The summed E-state index contributed by atoms with van der Waals surface area (Å²) in [6, 6.07) is 20.3. The van der Waals surface area contributed by atoms with Crippen LogP contribution in [0.15, 0.2) is 96.6 Å². The van der Waals surface area contributed by atoms with E-state index in [9.17, 15) is 9.59 Å². The van der Waals surface area contributed by atoms with Crippen molar-refractivity contribution in [2.24, 2.45) is 5.92 Å². The molecule has 5 aliphatic rings. The molecule has 2 aromatic rings. The van der Waals surface area contributed by atoms with Gasteiger partial charge in [0, 0.05) is 32.6 Å². The van der Waals surface area contributed by atoms with Crippen LogP contribution >= 0.6 is 0 Å². The molecule has 3 bridgehead atoms. The fraction of sp³-hybridized carbons (Fsp3) is 0.429. The van der Waals surface area contributed by atoms with Gasteiger partial charge < -0.3 is 15.0 Å². The number of likely N-dealkylation sites (N-methyl/N-ethyl adjacent to an activating group) is 1. The molecule has 7 rings (SSSR count). The molecule has 43 heavy (non-hydrogen) atoms. The Hall–Kier alpha value is -3.72. The first-order valence-electron chi connectivity index (χ1n) is 15.6. The number of nitrogens with one attached hydrogen (secondary N) is 1. The molecule has 5 heterocycles. The van der Waals surface area contributed by atoms with E-state index in [-0.39, 0.29) is 48.6 Å². The number of carbonyl (C=O) groups is 2. The van der Waals surface area contributed by atoms with Crippen LogP contribution in [0.25, 0.3) is 0 Å². The number of fused-ring (bicyclic) bond motifs is 2. The molecule has 224 valence electrons. The number of hydrazine groups is 1. The predicted molar refractivity (Wildman–Crippen MR) is 166 cm³/mol. The quantitative estimate of drug-likeness (QED) is 0.572. The van der Waals surface area contributed by atoms with Crippen LogP contribution in [-0.4, -0.2) is 88.4 Å². The summed E-state index contributed by atoms with van der Waals surface area (Å²) in [7, 11) is 1.85. The molecule has 1 N–H and O–H groups in total. The average Bonchev–Trinajstić information content (AvgIpc) is 3.11. The first kappa shape index (κ1) is 28.1. The van der Waals surface area contributed by atoms with Gasteiger partial charge in [0.05, 0.1) is 12.6 Å². The van der Waals surface area contributed by atoms with Gasteiger partial charge in [-0.2, -0.15) is 0 Å². The van der Waals surface area contributed by atoms with Crippen molar-refractivity contribution in [3.8, 4) is 0 Å². The maximum absolute atomic E-state index is 14.1. The lowest BCUT2D eigenvalue weighted by Gasteiger charge is -2.70. The Morgan fingerprint density at radius 1 is 1.05 bits per heavy atom. The van der Waals surface area contributed by atoms with Crippen LogP contribution in [0.5, 0.6) is 0 Å². The summed E-state index contributed by atoms with van der Waals surface area (Å²) in [5.41, 5.74) is 3.09. The number of carbonyl (C=O) groups excluding carboxylic acids is 2. The number of amides is 3. The molecule has 2 aromatic carbocycles. The minimum absolute atomic E-state index is 0.0633. The lowest BCUT2D eigenvalue weighted by molar-refractivity contribution is -0.291. The molecule has 0 aliphatic carbocycles. The second-order valence-electron chi connectivity index (χ2n) is 12.6. The first-order chi connectivity index (χ1) is 20.9. The zero-order chi connectivity index (χ0) is 29.7. The number of hydrogen-bond acceptors (Lipinski definition) is 5. The van der Waals surface area contributed by atoms with Gasteiger partial charge in [-0.15, -0.1) is 0 Å². The molecule has 3 amide bonds. The van der Waals surface area contributed by atoms with Gasteiger partial charge in [-0.3, -0.25) is 9.69 Å². The lowest BCUT2D eigenvalue weighted by Crippen LogP contribution is -2.89. The molecule has 8 nitrogen and oxygen atoms in total. The maximum Gasteiger partial charge on any atom is 0.334 e. The van der Waals surface area contributed by atoms with Gasteiger partial charge in [0.1, 0.15) is 23.9 Å². The van der Waals surface area contributed by atoms with Crippen molar-refractivity contribution in [3.05, 3.63) is 108 Å². The summed E-state index contributed by atoms with van der Waals surface area (Å²) in [4.78, 5) is 32.7. The van der Waals surface area contributed by atoms with Crippen LogP contribution < -0.4 is 5.32 Å². The number of rotatable bonds is 5. The molecular weight excluding hydrogens is 538 g/mol. The third kappa shape index (κ3) is 4.46. The van der Waals surface area contributed by atoms with E-state index in [4.69, 9.17) is 4.74 Å². The minimum atomic E-state index is -0.436. The van der Waals surface area contributed by atoms with Crippen molar-refractivity contribution in [1.82, 2.24) is 25.1 Å². The monoisotopic (exact) mass is 579 g/mol. The first-order valence-corrected chi connectivity index (χ1v) is 15.6. The van der Waals surface area contributed by atoms with Gasteiger partial charge in [0.2, 0.25) is 5.91 Å². The predicted octanol–water partition coefficient (Wildman–Crippen LogP) is 4.30. The zero-order valence-corrected chi connectivity index (χ0v) is 25.2. The Balaban J connectivity index is 1.32. The zero-order valence-electron chi connectivity index (χ0n) is 25.2. The smallest absolute Gasteiger partial charge is 0.334 e. The summed E-state index contributed by atoms with van der Waals surface area (Å²) in [5, 5.41) is 6.72. The minimum Gasteiger partial charge on any atom is -0.363 e. The van der Waals surface area contributed by atoms with Crippen LogP contribution in [0.4, 0.5) is 4.79 Å². The van der Waals surface area contributed by atoms with E-state index in [1.807, 2.05) is 37.4 Å². The number of hydrogen-bond donors (Lipinski definition) is 1. The third-order valence-corrected chi connectivity index (χ3v) is 10.2. The standard InChI is InChI=1S/C35H41N5O3/c1-4-24(2)33-35-29-18-12-11-17-27(19-30(35)43-29)28(26-15-9-6-10-16-26)21-38(35)22-31-39(33)32(41)23-37(3)40(31)34(42)36-20-25-13-7-5-8-14-25/h5-19,24,28-31,33H,4,20-23H2,1-3H3,(H,36,42)/b17-11-,18-12-/t24?,28?,29?,30?,31-,33-,35?/m0/s1. The number of allylic oxidation sites excluding steroid dienone is 3. The van der Waals surface area contributed by atoms with E-state index >= 15 is 0 Å². The Morgan fingerprint density at radius 3 is 2.53 bits per heavy atom. The van der Waals surface area contributed by atoms with Crippen LogP contribution in [0.1, 0.15) is 37.3 Å². The Bertz CT molecular complexity index is 1460. The fourth-order valence-electron chi connectivity index (χ4n) is 8.10. The molecular formula is C35H41N5O3. The Kier molecular flexibility index (Phi) is 7.24. The molecule has 5 aliphatic heterocycles. The van der Waals surface area contributed by atoms with Crippen LogP contribution in [0, 0.1) is 5.92 Å². The van der Waals surface area contributed by atoms with Crippen molar-refractivity contribution in [2.45, 2.75) is 62.7 Å². The van der Waals surface area contributed by atoms with Gasteiger partial charge in [0.15, 0.2) is 0 Å². The highest BCUT2D eigenvalue weighted by Gasteiger charge is 2.70. The SMILES string of the molecule is CCC(C)[C@@H]1N2C(=O)CN(C)N(C(=O)NCc3ccccc3)[C@H]2CN2CC(c3ccccc3)C3=CC4OC(/C=C\C=C/3)C412. The van der Waals surface area contributed by atoms with E-state index in [1.165, 1.54) is 11.1 Å². The van der Waals surface area contributed by atoms with Gasteiger partial charge in [0.25, 0.3) is 0 Å². The molecule has 0 saturated carbocycles. The van der Waals surface area contributed by atoms with Gasteiger partial charge in [-0.25, -0.2) is 14.8 Å². The number of nitrogens with zero attached hydrogens (tertiary/aromatic N) is 4. The highest BCUT2D eigenvalue weighted by Crippen LogP contribution is 2.54. The van der Waals surface area contributed by atoms with E-state index < -0.39 is 11.7 Å².